The van der Waals surface area contributed by atoms with Gasteiger partial charge >= 0.3 is 0 Å². The highest BCUT2D eigenvalue weighted by Gasteiger charge is 2.55. The Morgan fingerprint density at radius 3 is 2.82 bits per heavy atom. The second-order valence-electron chi connectivity index (χ2n) is 10.5. The van der Waals surface area contributed by atoms with Crippen molar-refractivity contribution in [1.82, 2.24) is 25.1 Å². The van der Waals surface area contributed by atoms with Gasteiger partial charge in [0.25, 0.3) is 5.92 Å². The van der Waals surface area contributed by atoms with Gasteiger partial charge in [-0.25, -0.2) is 18.7 Å². The minimum Gasteiger partial charge on any atom is -0.489 e. The molecule has 1 saturated carbocycles. The van der Waals surface area contributed by atoms with E-state index < -0.39 is 23.3 Å². The first-order valence-corrected chi connectivity index (χ1v) is 13.2. The second-order valence-corrected chi connectivity index (χ2v) is 10.9. The van der Waals surface area contributed by atoms with E-state index in [4.69, 9.17) is 16.3 Å². The van der Waals surface area contributed by atoms with E-state index in [1.807, 2.05) is 6.07 Å². The third kappa shape index (κ3) is 4.16. The molecule has 2 amide bonds. The molecule has 0 aromatic carbocycles. The van der Waals surface area contributed by atoms with E-state index in [9.17, 15) is 18.4 Å². The molecule has 3 aromatic heterocycles. The third-order valence-electron chi connectivity index (χ3n) is 8.05. The van der Waals surface area contributed by atoms with Crippen molar-refractivity contribution in [2.75, 3.05) is 18.0 Å². The number of hydrogen-bond donors (Lipinski definition) is 1. The van der Waals surface area contributed by atoms with E-state index in [1.165, 1.54) is 9.80 Å². The molecule has 5 heterocycles. The van der Waals surface area contributed by atoms with Gasteiger partial charge in [0.15, 0.2) is 5.65 Å². The lowest BCUT2D eigenvalue weighted by Crippen LogP contribution is -2.51. The van der Waals surface area contributed by atoms with Crippen LogP contribution in [0, 0.1) is 0 Å². The van der Waals surface area contributed by atoms with Crippen LogP contribution in [0.3, 0.4) is 0 Å². The van der Waals surface area contributed by atoms with Crippen molar-refractivity contribution in [2.24, 2.45) is 0 Å². The summed E-state index contributed by atoms with van der Waals surface area (Å²) in [5.41, 5.74) is 0.794. The number of halogens is 3. The summed E-state index contributed by atoms with van der Waals surface area (Å²) in [6.45, 7) is 0.786. The second kappa shape index (κ2) is 9.14. The summed E-state index contributed by atoms with van der Waals surface area (Å²) in [4.78, 5) is 38.6. The monoisotopic (exact) mass is 544 g/mol. The number of fused-ring (bicyclic) bond motifs is 3. The molecule has 200 valence electrons. The van der Waals surface area contributed by atoms with Gasteiger partial charge in [-0.2, -0.15) is 5.10 Å². The molecule has 3 aromatic rings. The summed E-state index contributed by atoms with van der Waals surface area (Å²) >= 11 is 6.24. The summed E-state index contributed by atoms with van der Waals surface area (Å²) < 4.78 is 34.4. The van der Waals surface area contributed by atoms with E-state index >= 15 is 0 Å². The van der Waals surface area contributed by atoms with Gasteiger partial charge in [0.05, 0.1) is 41.3 Å². The number of nitrogens with zero attached hydrogens (tertiary/aromatic N) is 5. The molecule has 0 unspecified atom stereocenters. The number of pyridine rings is 2. The van der Waals surface area contributed by atoms with Crippen LogP contribution in [-0.4, -0.2) is 68.0 Å². The number of anilines is 1. The Labute approximate surface area is 222 Å². The Bertz CT molecular complexity index is 1400. The number of likely N-dealkylation sites (tertiary alicyclic amines) is 1. The molecule has 2 fully saturated rings. The number of ether oxygens (including phenoxy) is 1. The predicted molar refractivity (Wildman–Crippen MR) is 135 cm³/mol. The fourth-order valence-corrected chi connectivity index (χ4v) is 6.32. The number of carbonyl (C=O) groups is 2. The normalized spacial score (nSPS) is 25.4. The first kappa shape index (κ1) is 25.0. The number of aromatic amines is 1. The highest BCUT2D eigenvalue weighted by Crippen LogP contribution is 2.50. The van der Waals surface area contributed by atoms with E-state index in [-0.39, 0.29) is 36.7 Å². The van der Waals surface area contributed by atoms with Crippen LogP contribution in [0.25, 0.3) is 11.0 Å². The van der Waals surface area contributed by atoms with Crippen molar-refractivity contribution < 1.29 is 23.1 Å². The molecule has 9 nitrogen and oxygen atoms in total. The number of aromatic nitrogens is 4. The lowest BCUT2D eigenvalue weighted by molar-refractivity contribution is -0.139. The van der Waals surface area contributed by atoms with Crippen LogP contribution < -0.4 is 9.64 Å². The van der Waals surface area contributed by atoms with Gasteiger partial charge in [-0.3, -0.25) is 14.7 Å². The molecule has 1 N–H and O–H groups in total. The number of hydrogen-bond acceptors (Lipinski definition) is 6. The van der Waals surface area contributed by atoms with Gasteiger partial charge in [0.2, 0.25) is 11.8 Å². The van der Waals surface area contributed by atoms with Crippen LogP contribution in [-0.2, 0) is 15.0 Å². The summed E-state index contributed by atoms with van der Waals surface area (Å²) in [7, 11) is 0. The number of rotatable bonds is 5. The molecule has 0 radical (unpaired) electrons. The Morgan fingerprint density at radius 1 is 1.26 bits per heavy atom. The topological polar surface area (TPSA) is 104 Å². The number of alkyl halides is 2. The molecule has 1 atom stereocenters. The number of amides is 2. The Balaban J connectivity index is 1.21. The third-order valence-corrected chi connectivity index (χ3v) is 8.26. The van der Waals surface area contributed by atoms with Crippen molar-refractivity contribution >= 4 is 40.1 Å². The van der Waals surface area contributed by atoms with Gasteiger partial charge in [0.1, 0.15) is 17.4 Å². The molecule has 1 aliphatic carbocycles. The van der Waals surface area contributed by atoms with E-state index in [0.717, 1.165) is 12.3 Å². The summed E-state index contributed by atoms with van der Waals surface area (Å²) in [5.74, 6) is -3.11. The van der Waals surface area contributed by atoms with Crippen LogP contribution in [0.5, 0.6) is 5.75 Å². The molecule has 3 aliphatic rings. The van der Waals surface area contributed by atoms with Gasteiger partial charge in [-0.1, -0.05) is 11.6 Å². The molecule has 12 heteroatoms. The average molecular weight is 545 g/mol. The SMILES string of the molecule is CC(F)(F)[C@@H]1CCCN1C(=O)CN1C(=O)C2(CCC(Oc3cnc4[nH]ncc4c3)CC2)c2nc(Cl)ccc21. The Kier molecular flexibility index (Phi) is 6.01. The molecule has 0 bridgehead atoms. The van der Waals surface area contributed by atoms with E-state index in [0.29, 0.717) is 54.9 Å². The molecule has 2 aliphatic heterocycles. The summed E-state index contributed by atoms with van der Waals surface area (Å²) in [5, 5.41) is 7.88. The maximum atomic E-state index is 14.1. The minimum atomic E-state index is -3.01. The smallest absolute Gasteiger partial charge is 0.265 e. The first-order valence-electron chi connectivity index (χ1n) is 12.8. The quantitative estimate of drug-likeness (QED) is 0.481. The first-order chi connectivity index (χ1) is 18.2. The lowest BCUT2D eigenvalue weighted by Gasteiger charge is -2.36. The fraction of sp³-hybridized carbons (Fsp3) is 0.500. The van der Waals surface area contributed by atoms with Crippen LogP contribution in [0.4, 0.5) is 14.5 Å². The minimum absolute atomic E-state index is 0.130. The highest BCUT2D eigenvalue weighted by molar-refractivity contribution is 6.29. The van der Waals surface area contributed by atoms with Crippen molar-refractivity contribution in [3.63, 3.8) is 0 Å². The number of H-pyrrole nitrogens is 1. The zero-order valence-corrected chi connectivity index (χ0v) is 21.5. The van der Waals surface area contributed by atoms with Crippen LogP contribution in [0.1, 0.15) is 51.1 Å². The van der Waals surface area contributed by atoms with E-state index in [1.54, 1.807) is 24.5 Å². The standard InChI is InChI=1S/C26H27ClF2N6O3/c1-25(28,29)19-3-2-10-34(19)21(36)14-35-18-4-5-20(27)32-22(18)26(24(35)37)8-6-16(7-9-26)38-17-11-15-12-31-33-23(15)30-13-17/h4-5,11-13,16,19H,2-3,6-10,14H2,1H3,(H,30,31,33)/t16?,19-,26?/m0/s1. The summed E-state index contributed by atoms with van der Waals surface area (Å²) in [6.07, 6.45) is 6.03. The van der Waals surface area contributed by atoms with Crippen molar-refractivity contribution in [2.45, 2.75) is 68.9 Å². The fourth-order valence-electron chi connectivity index (χ4n) is 6.17. The molecule has 1 spiro atoms. The average Bonchev–Trinajstić information content (AvgIpc) is 3.61. The molecule has 1 saturated heterocycles. The van der Waals surface area contributed by atoms with Gasteiger partial charge in [-0.15, -0.1) is 0 Å². The molecule has 6 rings (SSSR count). The Hall–Kier alpha value is -3.34. The Morgan fingerprint density at radius 2 is 2.05 bits per heavy atom. The number of nitrogens with one attached hydrogen (secondary N) is 1. The molecular formula is C26H27ClF2N6O3. The van der Waals surface area contributed by atoms with Crippen molar-refractivity contribution in [1.29, 1.82) is 0 Å². The van der Waals surface area contributed by atoms with Crippen LogP contribution in [0.2, 0.25) is 5.15 Å². The van der Waals surface area contributed by atoms with Gasteiger partial charge in [0, 0.05) is 18.9 Å². The zero-order chi connectivity index (χ0) is 26.7. The highest BCUT2D eigenvalue weighted by atomic mass is 35.5. The molecule has 38 heavy (non-hydrogen) atoms. The summed E-state index contributed by atoms with van der Waals surface area (Å²) in [6, 6.07) is 3.98. The van der Waals surface area contributed by atoms with E-state index in [2.05, 4.69) is 20.2 Å². The van der Waals surface area contributed by atoms with Gasteiger partial charge in [-0.05, 0) is 56.7 Å². The van der Waals surface area contributed by atoms with Crippen molar-refractivity contribution in [3.05, 3.63) is 41.4 Å². The maximum absolute atomic E-state index is 14.1. The largest absolute Gasteiger partial charge is 0.489 e. The lowest BCUT2D eigenvalue weighted by atomic mass is 9.71. The van der Waals surface area contributed by atoms with Gasteiger partial charge < -0.3 is 14.5 Å². The van der Waals surface area contributed by atoms with Crippen LogP contribution in [0.15, 0.2) is 30.6 Å². The van der Waals surface area contributed by atoms with Crippen LogP contribution >= 0.6 is 11.6 Å². The number of carbonyl (C=O) groups excluding carboxylic acids is 2. The maximum Gasteiger partial charge on any atom is 0.265 e. The van der Waals surface area contributed by atoms with Crippen molar-refractivity contribution in [3.8, 4) is 5.75 Å². The molecular weight excluding hydrogens is 518 g/mol. The zero-order valence-electron chi connectivity index (χ0n) is 20.8. The predicted octanol–water partition coefficient (Wildman–Crippen LogP) is 4.26.